The molecule has 0 amide bonds. The summed E-state index contributed by atoms with van der Waals surface area (Å²) in [7, 11) is 0. The van der Waals surface area contributed by atoms with Crippen LogP contribution in [0.5, 0.6) is 11.5 Å². The molecule has 7 rings (SSSR count). The highest BCUT2D eigenvalue weighted by Crippen LogP contribution is 2.44. The summed E-state index contributed by atoms with van der Waals surface area (Å²) in [4.78, 5) is 6.97. The van der Waals surface area contributed by atoms with Crippen molar-refractivity contribution in [3.05, 3.63) is 150 Å². The standard InChI is InChI=1S/C37H32N4OS/c1-24-14-18-29(19-15-24)42-30-20-16-28(17-21-30)41-36(35(39-37(41)43)33-12-6-7-22-38-33)32-23-25(2)40(26(32)3)34-13-8-10-27-9-4-5-11-31(27)34/h4-23,35-36H,1-3H3,(H,39,43)/t35-,36-/m1/s1. The second kappa shape index (κ2) is 11.0. The summed E-state index contributed by atoms with van der Waals surface area (Å²) < 4.78 is 8.49. The average Bonchev–Trinajstić information content (AvgIpc) is 3.53. The highest BCUT2D eigenvalue weighted by Gasteiger charge is 2.42. The monoisotopic (exact) mass is 580 g/mol. The molecule has 2 aromatic heterocycles. The molecule has 1 fully saturated rings. The van der Waals surface area contributed by atoms with Gasteiger partial charge in [-0.2, -0.15) is 0 Å². The van der Waals surface area contributed by atoms with Crippen LogP contribution >= 0.6 is 12.2 Å². The second-order valence-electron chi connectivity index (χ2n) is 11.1. The molecule has 0 bridgehead atoms. The Hall–Kier alpha value is -4.94. The summed E-state index contributed by atoms with van der Waals surface area (Å²) in [6.07, 6.45) is 1.84. The summed E-state index contributed by atoms with van der Waals surface area (Å²) in [5, 5.41) is 6.72. The second-order valence-corrected chi connectivity index (χ2v) is 11.5. The molecular formula is C37H32N4OS. The van der Waals surface area contributed by atoms with Crippen LogP contribution in [0.15, 0.2) is 121 Å². The summed E-state index contributed by atoms with van der Waals surface area (Å²) >= 11 is 6.02. The van der Waals surface area contributed by atoms with E-state index in [4.69, 9.17) is 21.9 Å². The molecule has 5 nitrogen and oxygen atoms in total. The van der Waals surface area contributed by atoms with E-state index in [1.807, 2.05) is 42.6 Å². The van der Waals surface area contributed by atoms with Crippen molar-refractivity contribution in [2.75, 3.05) is 4.90 Å². The minimum atomic E-state index is -0.126. The van der Waals surface area contributed by atoms with Crippen LogP contribution in [0, 0.1) is 20.8 Å². The molecule has 212 valence electrons. The molecule has 0 radical (unpaired) electrons. The Morgan fingerprint density at radius 2 is 1.47 bits per heavy atom. The zero-order valence-corrected chi connectivity index (χ0v) is 25.2. The maximum Gasteiger partial charge on any atom is 0.174 e. The Labute approximate surface area is 257 Å². The van der Waals surface area contributed by atoms with Gasteiger partial charge in [0.25, 0.3) is 0 Å². The SMILES string of the molecule is Cc1ccc(Oc2ccc(N3C(=S)N[C@H](c4ccccn4)[C@H]3c3cc(C)n(-c4cccc5ccccc45)c3C)cc2)cc1. The van der Waals surface area contributed by atoms with Gasteiger partial charge in [-0.25, -0.2) is 0 Å². The van der Waals surface area contributed by atoms with E-state index in [1.54, 1.807) is 0 Å². The first kappa shape index (κ1) is 26.9. The molecule has 0 spiro atoms. The highest BCUT2D eigenvalue weighted by molar-refractivity contribution is 7.80. The number of aryl methyl sites for hydroxylation is 2. The lowest BCUT2D eigenvalue weighted by Gasteiger charge is -2.28. The van der Waals surface area contributed by atoms with Gasteiger partial charge in [0, 0.05) is 28.7 Å². The van der Waals surface area contributed by atoms with Crippen molar-refractivity contribution in [1.29, 1.82) is 0 Å². The molecule has 43 heavy (non-hydrogen) atoms. The number of anilines is 1. The zero-order chi connectivity index (χ0) is 29.5. The number of aromatic nitrogens is 2. The molecule has 3 heterocycles. The fourth-order valence-corrected chi connectivity index (χ4v) is 6.57. The van der Waals surface area contributed by atoms with Crippen molar-refractivity contribution in [3.63, 3.8) is 0 Å². The number of nitrogens with zero attached hydrogens (tertiary/aromatic N) is 3. The van der Waals surface area contributed by atoms with Gasteiger partial charge in [0.1, 0.15) is 11.5 Å². The largest absolute Gasteiger partial charge is 0.457 e. The first-order valence-corrected chi connectivity index (χ1v) is 14.9. The van der Waals surface area contributed by atoms with Gasteiger partial charge >= 0.3 is 0 Å². The number of fused-ring (bicyclic) bond motifs is 1. The number of hydrogen-bond acceptors (Lipinski definition) is 3. The van der Waals surface area contributed by atoms with Gasteiger partial charge in [0.2, 0.25) is 0 Å². The lowest BCUT2D eigenvalue weighted by Crippen LogP contribution is -2.29. The van der Waals surface area contributed by atoms with Crippen molar-refractivity contribution in [2.45, 2.75) is 32.9 Å². The lowest BCUT2D eigenvalue weighted by molar-refractivity contribution is 0.482. The predicted molar refractivity (Wildman–Crippen MR) is 178 cm³/mol. The Morgan fingerprint density at radius 1 is 0.767 bits per heavy atom. The molecule has 0 saturated carbocycles. The summed E-state index contributed by atoms with van der Waals surface area (Å²) in [5.74, 6) is 1.59. The quantitative estimate of drug-likeness (QED) is 0.199. The lowest BCUT2D eigenvalue weighted by atomic mass is 9.96. The summed E-state index contributed by atoms with van der Waals surface area (Å²) in [6.45, 7) is 6.45. The molecule has 1 saturated heterocycles. The number of thiocarbonyl (C=S) groups is 1. The van der Waals surface area contributed by atoms with E-state index in [2.05, 4.69) is 114 Å². The summed E-state index contributed by atoms with van der Waals surface area (Å²) in [5.41, 5.74) is 7.86. The van der Waals surface area contributed by atoms with Crippen LogP contribution in [0.4, 0.5) is 5.69 Å². The third-order valence-corrected chi connectivity index (χ3v) is 8.58. The number of nitrogens with one attached hydrogen (secondary N) is 1. The van der Waals surface area contributed by atoms with Crippen molar-refractivity contribution in [1.82, 2.24) is 14.9 Å². The van der Waals surface area contributed by atoms with Crippen molar-refractivity contribution in [3.8, 4) is 17.2 Å². The van der Waals surface area contributed by atoms with Crippen molar-refractivity contribution >= 4 is 33.8 Å². The number of pyridine rings is 1. The Bertz CT molecular complexity index is 1930. The van der Waals surface area contributed by atoms with E-state index in [1.165, 1.54) is 39.0 Å². The number of hydrogen-bond donors (Lipinski definition) is 1. The number of rotatable bonds is 6. The van der Waals surface area contributed by atoms with E-state index in [9.17, 15) is 0 Å². The minimum absolute atomic E-state index is 0.110. The van der Waals surface area contributed by atoms with Crippen LogP contribution in [0.2, 0.25) is 0 Å². The molecule has 0 unspecified atom stereocenters. The fourth-order valence-electron chi connectivity index (χ4n) is 6.23. The molecule has 2 atom stereocenters. The first-order valence-electron chi connectivity index (χ1n) is 14.5. The third-order valence-electron chi connectivity index (χ3n) is 8.27. The predicted octanol–water partition coefficient (Wildman–Crippen LogP) is 8.92. The van der Waals surface area contributed by atoms with E-state index in [0.29, 0.717) is 5.11 Å². The van der Waals surface area contributed by atoms with Gasteiger partial charge in [-0.1, -0.05) is 60.2 Å². The topological polar surface area (TPSA) is 42.3 Å². The molecule has 1 aliphatic heterocycles. The van der Waals surface area contributed by atoms with Crippen LogP contribution in [-0.4, -0.2) is 14.7 Å². The van der Waals surface area contributed by atoms with Crippen LogP contribution in [0.1, 0.15) is 40.3 Å². The minimum Gasteiger partial charge on any atom is -0.457 e. The summed E-state index contributed by atoms with van der Waals surface area (Å²) in [6, 6.07) is 39.4. The maximum absolute atomic E-state index is 6.12. The van der Waals surface area contributed by atoms with Gasteiger partial charge in [-0.15, -0.1) is 0 Å². The van der Waals surface area contributed by atoms with Crippen LogP contribution in [0.3, 0.4) is 0 Å². The smallest absolute Gasteiger partial charge is 0.174 e. The van der Waals surface area contributed by atoms with Crippen molar-refractivity contribution in [2.24, 2.45) is 0 Å². The number of ether oxygens (including phenoxy) is 1. The van der Waals surface area contributed by atoms with E-state index in [0.717, 1.165) is 22.9 Å². The Morgan fingerprint density at radius 3 is 2.21 bits per heavy atom. The third kappa shape index (κ3) is 4.94. The Kier molecular flexibility index (Phi) is 6.92. The van der Waals surface area contributed by atoms with Crippen LogP contribution in [0.25, 0.3) is 16.5 Å². The average molecular weight is 581 g/mol. The van der Waals surface area contributed by atoms with E-state index < -0.39 is 0 Å². The van der Waals surface area contributed by atoms with Crippen LogP contribution < -0.4 is 15.0 Å². The van der Waals surface area contributed by atoms with Crippen molar-refractivity contribution < 1.29 is 4.74 Å². The number of benzene rings is 4. The molecule has 0 aliphatic carbocycles. The molecule has 4 aromatic carbocycles. The van der Waals surface area contributed by atoms with Gasteiger partial charge in [-0.3, -0.25) is 4.98 Å². The van der Waals surface area contributed by atoms with E-state index >= 15 is 0 Å². The molecule has 6 aromatic rings. The molecular weight excluding hydrogens is 549 g/mol. The van der Waals surface area contributed by atoms with Gasteiger partial charge in [0.05, 0.1) is 23.5 Å². The van der Waals surface area contributed by atoms with Gasteiger partial charge in [-0.05, 0) is 105 Å². The first-order chi connectivity index (χ1) is 21.0. The van der Waals surface area contributed by atoms with Gasteiger partial charge < -0.3 is 19.5 Å². The Balaban J connectivity index is 1.31. The molecule has 1 aliphatic rings. The van der Waals surface area contributed by atoms with E-state index in [-0.39, 0.29) is 12.1 Å². The molecule has 1 N–H and O–H groups in total. The normalized spacial score (nSPS) is 16.4. The molecule has 6 heteroatoms. The zero-order valence-electron chi connectivity index (χ0n) is 24.4. The fraction of sp³-hybridized carbons (Fsp3) is 0.135. The maximum atomic E-state index is 6.12. The van der Waals surface area contributed by atoms with Crippen LogP contribution in [-0.2, 0) is 0 Å². The van der Waals surface area contributed by atoms with Gasteiger partial charge in [0.15, 0.2) is 5.11 Å². The highest BCUT2D eigenvalue weighted by atomic mass is 32.1.